The van der Waals surface area contributed by atoms with Gasteiger partial charge >= 0.3 is 0 Å². The lowest BCUT2D eigenvalue weighted by Crippen LogP contribution is -3.13. The van der Waals surface area contributed by atoms with Crippen molar-refractivity contribution >= 4 is 16.6 Å². The third-order valence-electron chi connectivity index (χ3n) is 4.68. The van der Waals surface area contributed by atoms with E-state index in [1.807, 2.05) is 0 Å². The van der Waals surface area contributed by atoms with Crippen LogP contribution in [0.25, 0.3) is 10.9 Å². The van der Waals surface area contributed by atoms with E-state index in [2.05, 4.69) is 71.6 Å². The zero-order valence-electron chi connectivity index (χ0n) is 13.3. The molecule has 0 radical (unpaired) electrons. The van der Waals surface area contributed by atoms with Crippen molar-refractivity contribution in [1.82, 2.24) is 4.98 Å². The molecule has 0 saturated carbocycles. The number of hydrogen-bond donors (Lipinski definition) is 1. The first-order valence-corrected chi connectivity index (χ1v) is 8.37. The summed E-state index contributed by atoms with van der Waals surface area (Å²) in [4.78, 5) is 8.92. The number of nitrogens with one attached hydrogen (secondary N) is 1. The van der Waals surface area contributed by atoms with Crippen LogP contribution >= 0.6 is 0 Å². The molecule has 2 heterocycles. The van der Waals surface area contributed by atoms with Crippen LogP contribution in [0.15, 0.2) is 66.7 Å². The molecular formula is C20H22N3+. The third kappa shape index (κ3) is 3.20. The van der Waals surface area contributed by atoms with Crippen molar-refractivity contribution in [3.8, 4) is 0 Å². The van der Waals surface area contributed by atoms with Crippen LogP contribution in [0.5, 0.6) is 0 Å². The number of aromatic nitrogens is 1. The van der Waals surface area contributed by atoms with Crippen molar-refractivity contribution in [3.63, 3.8) is 0 Å². The lowest BCUT2D eigenvalue weighted by Gasteiger charge is -2.33. The summed E-state index contributed by atoms with van der Waals surface area (Å²) < 4.78 is 0. The minimum absolute atomic E-state index is 1.02. The molecule has 0 atom stereocenters. The number of benzene rings is 2. The summed E-state index contributed by atoms with van der Waals surface area (Å²) in [5, 5.41) is 1.22. The van der Waals surface area contributed by atoms with Gasteiger partial charge in [-0.3, -0.25) is 0 Å². The lowest BCUT2D eigenvalue weighted by atomic mass is 10.2. The van der Waals surface area contributed by atoms with Crippen molar-refractivity contribution in [2.45, 2.75) is 6.54 Å². The summed E-state index contributed by atoms with van der Waals surface area (Å²) in [5.41, 5.74) is 3.65. The van der Waals surface area contributed by atoms with E-state index in [0.717, 1.165) is 25.2 Å². The Balaban J connectivity index is 1.40. The first-order chi connectivity index (χ1) is 11.4. The predicted molar refractivity (Wildman–Crippen MR) is 94.8 cm³/mol. The van der Waals surface area contributed by atoms with Crippen LogP contribution in [0.4, 0.5) is 5.69 Å². The summed E-state index contributed by atoms with van der Waals surface area (Å²) in [6, 6.07) is 23.4. The van der Waals surface area contributed by atoms with E-state index in [1.165, 1.54) is 29.9 Å². The van der Waals surface area contributed by atoms with E-state index in [-0.39, 0.29) is 0 Å². The number of rotatable bonds is 3. The molecule has 1 aromatic heterocycles. The summed E-state index contributed by atoms with van der Waals surface area (Å²) >= 11 is 0. The SMILES string of the molecule is c1ccc(N2CC[NH+](Cc3ccc4ccccc4n3)CC2)cc1. The Morgan fingerprint density at radius 1 is 0.826 bits per heavy atom. The van der Waals surface area contributed by atoms with Gasteiger partial charge < -0.3 is 9.80 Å². The Morgan fingerprint density at radius 2 is 1.57 bits per heavy atom. The van der Waals surface area contributed by atoms with E-state index in [9.17, 15) is 0 Å². The molecule has 2 aromatic carbocycles. The van der Waals surface area contributed by atoms with Crippen molar-refractivity contribution < 1.29 is 4.90 Å². The third-order valence-corrected chi connectivity index (χ3v) is 4.68. The predicted octanol–water partition coefficient (Wildman–Crippen LogP) is 2.14. The first kappa shape index (κ1) is 14.2. The number of para-hydroxylation sites is 2. The molecule has 4 rings (SSSR count). The van der Waals surface area contributed by atoms with Crippen LogP contribution in [-0.2, 0) is 6.54 Å². The van der Waals surface area contributed by atoms with E-state index >= 15 is 0 Å². The number of quaternary nitrogens is 1. The highest BCUT2D eigenvalue weighted by Gasteiger charge is 2.20. The molecule has 1 aliphatic rings. The maximum Gasteiger partial charge on any atom is 0.120 e. The largest absolute Gasteiger partial charge is 0.360 e. The summed E-state index contributed by atoms with van der Waals surface area (Å²) in [7, 11) is 0. The quantitative estimate of drug-likeness (QED) is 0.800. The maximum atomic E-state index is 4.81. The van der Waals surface area contributed by atoms with Crippen LogP contribution in [0.1, 0.15) is 5.69 Å². The van der Waals surface area contributed by atoms with Gasteiger partial charge in [0, 0.05) is 11.1 Å². The Kier molecular flexibility index (Phi) is 3.95. The Hall–Kier alpha value is -2.39. The average molecular weight is 304 g/mol. The summed E-state index contributed by atoms with van der Waals surface area (Å²) in [6.07, 6.45) is 0. The molecule has 1 fully saturated rings. The highest BCUT2D eigenvalue weighted by molar-refractivity contribution is 5.78. The van der Waals surface area contributed by atoms with Gasteiger partial charge in [0.05, 0.1) is 37.4 Å². The second-order valence-corrected chi connectivity index (χ2v) is 6.24. The molecule has 116 valence electrons. The molecule has 1 N–H and O–H groups in total. The molecule has 0 aliphatic carbocycles. The fraction of sp³-hybridized carbons (Fsp3) is 0.250. The molecule has 0 amide bonds. The van der Waals surface area contributed by atoms with Crippen molar-refractivity contribution in [1.29, 1.82) is 0 Å². The molecule has 3 heteroatoms. The number of anilines is 1. The first-order valence-electron chi connectivity index (χ1n) is 8.37. The second kappa shape index (κ2) is 6.39. The molecular weight excluding hydrogens is 282 g/mol. The van der Waals surface area contributed by atoms with Crippen LogP contribution < -0.4 is 9.80 Å². The molecule has 3 aromatic rings. The Morgan fingerprint density at radius 3 is 2.39 bits per heavy atom. The van der Waals surface area contributed by atoms with E-state index < -0.39 is 0 Å². The minimum atomic E-state index is 1.02. The zero-order chi connectivity index (χ0) is 15.5. The van der Waals surface area contributed by atoms with Crippen LogP contribution in [0.3, 0.4) is 0 Å². The zero-order valence-corrected chi connectivity index (χ0v) is 13.3. The fourth-order valence-electron chi connectivity index (χ4n) is 3.36. The Labute approximate surface area is 137 Å². The van der Waals surface area contributed by atoms with Crippen molar-refractivity contribution in [3.05, 3.63) is 72.4 Å². The second-order valence-electron chi connectivity index (χ2n) is 6.24. The van der Waals surface area contributed by atoms with E-state index in [0.29, 0.717) is 0 Å². The van der Waals surface area contributed by atoms with Crippen LogP contribution in [0, 0.1) is 0 Å². The van der Waals surface area contributed by atoms with E-state index in [1.54, 1.807) is 4.90 Å². The van der Waals surface area contributed by atoms with Gasteiger partial charge in [-0.25, -0.2) is 4.98 Å². The topological polar surface area (TPSA) is 20.6 Å². The number of hydrogen-bond acceptors (Lipinski definition) is 2. The summed E-state index contributed by atoms with van der Waals surface area (Å²) in [6.45, 7) is 5.60. The van der Waals surface area contributed by atoms with Crippen molar-refractivity contribution in [2.75, 3.05) is 31.1 Å². The van der Waals surface area contributed by atoms with Crippen LogP contribution in [0.2, 0.25) is 0 Å². The number of nitrogens with zero attached hydrogens (tertiary/aromatic N) is 2. The molecule has 3 nitrogen and oxygen atoms in total. The van der Waals surface area contributed by atoms with Gasteiger partial charge in [0.1, 0.15) is 6.54 Å². The van der Waals surface area contributed by atoms with Gasteiger partial charge in [-0.05, 0) is 24.3 Å². The molecule has 0 bridgehead atoms. The normalized spacial score (nSPS) is 15.9. The lowest BCUT2D eigenvalue weighted by molar-refractivity contribution is -0.914. The number of fused-ring (bicyclic) bond motifs is 1. The van der Waals surface area contributed by atoms with E-state index in [4.69, 9.17) is 4.98 Å². The molecule has 0 spiro atoms. The summed E-state index contributed by atoms with van der Waals surface area (Å²) in [5.74, 6) is 0. The molecule has 1 saturated heterocycles. The smallest absolute Gasteiger partial charge is 0.120 e. The number of piperazine rings is 1. The van der Waals surface area contributed by atoms with Gasteiger partial charge in [0.15, 0.2) is 0 Å². The molecule has 1 aliphatic heterocycles. The maximum absolute atomic E-state index is 4.81. The van der Waals surface area contributed by atoms with Crippen molar-refractivity contribution in [2.24, 2.45) is 0 Å². The highest BCUT2D eigenvalue weighted by Crippen LogP contribution is 2.13. The van der Waals surface area contributed by atoms with Gasteiger partial charge in [-0.15, -0.1) is 0 Å². The van der Waals surface area contributed by atoms with Gasteiger partial charge in [-0.1, -0.05) is 42.5 Å². The van der Waals surface area contributed by atoms with Gasteiger partial charge in [0.2, 0.25) is 0 Å². The van der Waals surface area contributed by atoms with Crippen LogP contribution in [-0.4, -0.2) is 31.2 Å². The highest BCUT2D eigenvalue weighted by atomic mass is 15.3. The average Bonchev–Trinajstić information content (AvgIpc) is 2.63. The minimum Gasteiger partial charge on any atom is -0.360 e. The monoisotopic (exact) mass is 304 g/mol. The van der Waals surface area contributed by atoms with Gasteiger partial charge in [0.25, 0.3) is 0 Å². The Bertz CT molecular complexity index is 777. The standard InChI is InChI=1S/C20H21N3/c1-2-7-19(8-3-1)23-14-12-22(13-15-23)16-18-11-10-17-6-4-5-9-20(17)21-18/h1-11H,12-16H2/p+1. The fourth-order valence-corrected chi connectivity index (χ4v) is 3.36. The molecule has 0 unspecified atom stereocenters. The molecule has 23 heavy (non-hydrogen) atoms. The number of pyridine rings is 1. The van der Waals surface area contributed by atoms with Gasteiger partial charge in [-0.2, -0.15) is 0 Å².